The third kappa shape index (κ3) is 2.71. The molecule has 2 nitrogen and oxygen atoms in total. The molecule has 0 aliphatic carbocycles. The van der Waals surface area contributed by atoms with E-state index in [4.69, 9.17) is 4.74 Å². The van der Waals surface area contributed by atoms with Crippen LogP contribution in [-0.2, 0) is 0 Å². The lowest BCUT2D eigenvalue weighted by Gasteiger charge is -2.10. The highest BCUT2D eigenvalue weighted by molar-refractivity contribution is 9.10. The highest BCUT2D eigenvalue weighted by atomic mass is 79.9. The van der Waals surface area contributed by atoms with Crippen molar-refractivity contribution >= 4 is 15.9 Å². The summed E-state index contributed by atoms with van der Waals surface area (Å²) in [6, 6.07) is 5.60. The Balaban J connectivity index is 2.97. The average molecular weight is 245 g/mol. The maximum absolute atomic E-state index is 9.41. The molecular weight excluding hydrogens is 232 g/mol. The van der Waals surface area contributed by atoms with Gasteiger partial charge >= 0.3 is 0 Å². The summed E-state index contributed by atoms with van der Waals surface area (Å²) in [6.07, 6.45) is -0.477. The van der Waals surface area contributed by atoms with Crippen LogP contribution in [0.2, 0.25) is 0 Å². The van der Waals surface area contributed by atoms with Gasteiger partial charge in [0.2, 0.25) is 0 Å². The summed E-state index contributed by atoms with van der Waals surface area (Å²) in [7, 11) is 0. The van der Waals surface area contributed by atoms with E-state index in [1.54, 1.807) is 6.92 Å². The maximum atomic E-state index is 9.41. The summed E-state index contributed by atoms with van der Waals surface area (Å²) >= 11 is 3.37. The van der Waals surface area contributed by atoms with E-state index in [1.807, 2.05) is 25.1 Å². The predicted octanol–water partition coefficient (Wildman–Crippen LogP) is 2.90. The zero-order valence-electron chi connectivity index (χ0n) is 7.75. The number of ether oxygens (including phenoxy) is 1. The van der Waals surface area contributed by atoms with Gasteiger partial charge < -0.3 is 9.84 Å². The molecular formula is C10H13BrO2. The third-order valence-electron chi connectivity index (χ3n) is 1.73. The summed E-state index contributed by atoms with van der Waals surface area (Å²) in [5, 5.41) is 9.41. The molecule has 0 unspecified atom stereocenters. The molecule has 0 saturated heterocycles. The normalized spacial score (nSPS) is 12.6. The van der Waals surface area contributed by atoms with Crippen LogP contribution in [0.1, 0.15) is 25.5 Å². The van der Waals surface area contributed by atoms with Crippen molar-refractivity contribution < 1.29 is 9.84 Å². The molecule has 1 rings (SSSR count). The summed E-state index contributed by atoms with van der Waals surface area (Å²) in [5.74, 6) is 0.793. The lowest BCUT2D eigenvalue weighted by atomic mass is 10.1. The topological polar surface area (TPSA) is 29.5 Å². The largest absolute Gasteiger partial charge is 0.494 e. The Bertz CT molecular complexity index is 284. The maximum Gasteiger partial charge on any atom is 0.119 e. The molecule has 0 aliphatic rings. The Labute approximate surface area is 86.7 Å². The molecule has 0 saturated carbocycles. The first-order valence-electron chi connectivity index (χ1n) is 4.25. The number of rotatable bonds is 3. The fourth-order valence-corrected chi connectivity index (χ4v) is 1.68. The first kappa shape index (κ1) is 10.5. The minimum atomic E-state index is -0.477. The van der Waals surface area contributed by atoms with Gasteiger partial charge in [-0.1, -0.05) is 15.9 Å². The quantitative estimate of drug-likeness (QED) is 0.887. The second kappa shape index (κ2) is 4.63. The van der Waals surface area contributed by atoms with Crippen LogP contribution in [0.5, 0.6) is 5.75 Å². The second-order valence-corrected chi connectivity index (χ2v) is 3.65. The first-order valence-corrected chi connectivity index (χ1v) is 5.04. The first-order chi connectivity index (χ1) is 6.15. The van der Waals surface area contributed by atoms with Crippen LogP contribution in [0.4, 0.5) is 0 Å². The SMILES string of the molecule is CCOc1ccc(Br)c([C@H](C)O)c1. The van der Waals surface area contributed by atoms with E-state index >= 15 is 0 Å². The fraction of sp³-hybridized carbons (Fsp3) is 0.400. The minimum absolute atomic E-state index is 0.477. The van der Waals surface area contributed by atoms with Crippen molar-refractivity contribution in [1.82, 2.24) is 0 Å². The summed E-state index contributed by atoms with van der Waals surface area (Å²) < 4.78 is 6.23. The molecule has 0 fully saturated rings. The summed E-state index contributed by atoms with van der Waals surface area (Å²) in [6.45, 7) is 4.31. The van der Waals surface area contributed by atoms with Crippen molar-refractivity contribution in [3.8, 4) is 5.75 Å². The van der Waals surface area contributed by atoms with Gasteiger partial charge in [0, 0.05) is 4.47 Å². The Morgan fingerprint density at radius 3 is 2.77 bits per heavy atom. The molecule has 0 amide bonds. The molecule has 13 heavy (non-hydrogen) atoms. The van der Waals surface area contributed by atoms with Crippen LogP contribution in [-0.4, -0.2) is 11.7 Å². The lowest BCUT2D eigenvalue weighted by molar-refractivity contribution is 0.198. The number of hydrogen-bond donors (Lipinski definition) is 1. The van der Waals surface area contributed by atoms with Crippen LogP contribution in [0, 0.1) is 0 Å². The Morgan fingerprint density at radius 1 is 1.54 bits per heavy atom. The number of halogens is 1. The Kier molecular flexibility index (Phi) is 3.75. The third-order valence-corrected chi connectivity index (χ3v) is 2.45. The van der Waals surface area contributed by atoms with Crippen LogP contribution in [0.15, 0.2) is 22.7 Å². The summed E-state index contributed by atoms with van der Waals surface area (Å²) in [5.41, 5.74) is 0.853. The molecule has 0 aliphatic heterocycles. The van der Waals surface area contributed by atoms with E-state index in [0.29, 0.717) is 6.61 Å². The predicted molar refractivity (Wildman–Crippen MR) is 55.9 cm³/mol. The van der Waals surface area contributed by atoms with Crippen molar-refractivity contribution in [3.63, 3.8) is 0 Å². The monoisotopic (exact) mass is 244 g/mol. The highest BCUT2D eigenvalue weighted by Gasteiger charge is 2.06. The van der Waals surface area contributed by atoms with Crippen molar-refractivity contribution in [2.45, 2.75) is 20.0 Å². The number of aliphatic hydroxyl groups is 1. The lowest BCUT2D eigenvalue weighted by Crippen LogP contribution is -1.96. The molecule has 0 bridgehead atoms. The van der Waals surface area contributed by atoms with E-state index in [1.165, 1.54) is 0 Å². The van der Waals surface area contributed by atoms with Crippen LogP contribution in [0.25, 0.3) is 0 Å². The van der Waals surface area contributed by atoms with E-state index in [9.17, 15) is 5.11 Å². The van der Waals surface area contributed by atoms with E-state index in [2.05, 4.69) is 15.9 Å². The zero-order chi connectivity index (χ0) is 9.84. The van der Waals surface area contributed by atoms with E-state index in [0.717, 1.165) is 15.8 Å². The van der Waals surface area contributed by atoms with Gasteiger partial charge in [-0.2, -0.15) is 0 Å². The van der Waals surface area contributed by atoms with Gasteiger partial charge in [0.15, 0.2) is 0 Å². The van der Waals surface area contributed by atoms with Gasteiger partial charge in [-0.15, -0.1) is 0 Å². The molecule has 1 aromatic rings. The minimum Gasteiger partial charge on any atom is -0.494 e. The van der Waals surface area contributed by atoms with Gasteiger partial charge in [0.1, 0.15) is 5.75 Å². The van der Waals surface area contributed by atoms with Gasteiger partial charge in [-0.25, -0.2) is 0 Å². The van der Waals surface area contributed by atoms with Gasteiger partial charge in [0.25, 0.3) is 0 Å². The van der Waals surface area contributed by atoms with Crippen LogP contribution in [0.3, 0.4) is 0 Å². The smallest absolute Gasteiger partial charge is 0.119 e. The van der Waals surface area contributed by atoms with Crippen molar-refractivity contribution in [2.75, 3.05) is 6.61 Å². The van der Waals surface area contributed by atoms with Gasteiger partial charge in [-0.3, -0.25) is 0 Å². The fourth-order valence-electron chi connectivity index (χ4n) is 1.10. The van der Waals surface area contributed by atoms with Gasteiger partial charge in [0.05, 0.1) is 12.7 Å². The van der Waals surface area contributed by atoms with Crippen molar-refractivity contribution in [3.05, 3.63) is 28.2 Å². The standard InChI is InChI=1S/C10H13BrO2/c1-3-13-8-4-5-10(11)9(6-8)7(2)12/h4-7,12H,3H2,1-2H3/t7-/m0/s1. The summed E-state index contributed by atoms with van der Waals surface area (Å²) in [4.78, 5) is 0. The molecule has 0 spiro atoms. The van der Waals surface area contributed by atoms with Gasteiger partial charge in [-0.05, 0) is 37.6 Å². The van der Waals surface area contributed by atoms with Crippen LogP contribution >= 0.6 is 15.9 Å². The zero-order valence-corrected chi connectivity index (χ0v) is 9.34. The molecule has 0 heterocycles. The highest BCUT2D eigenvalue weighted by Crippen LogP contribution is 2.27. The second-order valence-electron chi connectivity index (χ2n) is 2.79. The molecule has 3 heteroatoms. The van der Waals surface area contributed by atoms with E-state index in [-0.39, 0.29) is 0 Å². The molecule has 0 radical (unpaired) electrons. The number of aliphatic hydroxyl groups excluding tert-OH is 1. The van der Waals surface area contributed by atoms with E-state index < -0.39 is 6.10 Å². The van der Waals surface area contributed by atoms with Crippen molar-refractivity contribution in [2.24, 2.45) is 0 Å². The molecule has 1 atom stereocenters. The number of hydrogen-bond acceptors (Lipinski definition) is 2. The Morgan fingerprint density at radius 2 is 2.23 bits per heavy atom. The average Bonchev–Trinajstić information content (AvgIpc) is 2.08. The Hall–Kier alpha value is -0.540. The van der Waals surface area contributed by atoms with Crippen molar-refractivity contribution in [1.29, 1.82) is 0 Å². The number of benzene rings is 1. The molecule has 1 N–H and O–H groups in total. The molecule has 72 valence electrons. The molecule has 0 aromatic heterocycles. The molecule has 1 aromatic carbocycles. The van der Waals surface area contributed by atoms with Crippen LogP contribution < -0.4 is 4.74 Å².